The molecule has 44 heavy (non-hydrogen) atoms. The number of hydrogen-bond acceptors (Lipinski definition) is 9. The number of carbonyl (C=O) groups excluding carboxylic acids is 1. The minimum atomic E-state index is -0.750. The molecule has 1 amide bonds. The molecule has 5 rings (SSSR count). The van der Waals surface area contributed by atoms with Crippen molar-refractivity contribution >= 4 is 51.7 Å². The van der Waals surface area contributed by atoms with Gasteiger partial charge in [-0.05, 0) is 86.6 Å². The molecule has 4 aromatic carbocycles. The lowest BCUT2D eigenvalue weighted by molar-refractivity contribution is -0.394. The van der Waals surface area contributed by atoms with Crippen LogP contribution in [0.4, 0.5) is 22.7 Å². The van der Waals surface area contributed by atoms with Crippen LogP contribution in [0, 0.1) is 34.1 Å². The summed E-state index contributed by atoms with van der Waals surface area (Å²) in [6.45, 7) is 6.00. The second-order valence-corrected chi connectivity index (χ2v) is 10.7. The van der Waals surface area contributed by atoms with Gasteiger partial charge in [0.2, 0.25) is 5.75 Å². The summed E-state index contributed by atoms with van der Waals surface area (Å²) in [5.74, 6) is 0.0116. The molecule has 0 aliphatic carbocycles. The van der Waals surface area contributed by atoms with Crippen molar-refractivity contribution in [1.29, 1.82) is 0 Å². The second kappa shape index (κ2) is 12.8. The van der Waals surface area contributed by atoms with Gasteiger partial charge in [0.05, 0.1) is 38.8 Å². The first-order chi connectivity index (χ1) is 21.1. The highest BCUT2D eigenvalue weighted by Gasteiger charge is 2.35. The number of anilines is 1. The minimum absolute atomic E-state index is 0.166. The zero-order chi connectivity index (χ0) is 31.4. The van der Waals surface area contributed by atoms with Crippen molar-refractivity contribution in [2.45, 2.75) is 20.8 Å². The molecule has 0 aromatic heterocycles. The van der Waals surface area contributed by atoms with E-state index in [-0.39, 0.29) is 29.8 Å². The van der Waals surface area contributed by atoms with Crippen molar-refractivity contribution in [3.63, 3.8) is 0 Å². The number of non-ortho nitro benzene ring substituents is 1. The van der Waals surface area contributed by atoms with E-state index in [1.807, 2.05) is 62.4 Å². The summed E-state index contributed by atoms with van der Waals surface area (Å²) in [5.41, 5.74) is 3.19. The van der Waals surface area contributed by atoms with Crippen LogP contribution in [0.3, 0.4) is 0 Å². The van der Waals surface area contributed by atoms with E-state index >= 15 is 0 Å². The van der Waals surface area contributed by atoms with Crippen molar-refractivity contribution < 1.29 is 24.1 Å². The first-order valence-electron chi connectivity index (χ1n) is 13.5. The van der Waals surface area contributed by atoms with Crippen LogP contribution in [0.25, 0.3) is 6.08 Å². The maximum atomic E-state index is 13.7. The van der Waals surface area contributed by atoms with E-state index in [2.05, 4.69) is 0 Å². The maximum Gasteiger partial charge on any atom is 0.318 e. The lowest BCUT2D eigenvalue weighted by Gasteiger charge is -2.16. The van der Waals surface area contributed by atoms with Gasteiger partial charge in [-0.15, -0.1) is 0 Å². The molecule has 0 radical (unpaired) electrons. The molecular formula is C32H26N4O7S. The van der Waals surface area contributed by atoms with Gasteiger partial charge in [0.15, 0.2) is 16.7 Å². The number of nitro benzene ring substituents is 2. The van der Waals surface area contributed by atoms with Gasteiger partial charge in [0.1, 0.15) is 0 Å². The van der Waals surface area contributed by atoms with Crippen LogP contribution in [0.5, 0.6) is 17.2 Å². The molecule has 0 bridgehead atoms. The number of thioether (sulfide) groups is 1. The van der Waals surface area contributed by atoms with Gasteiger partial charge in [-0.1, -0.05) is 41.5 Å². The summed E-state index contributed by atoms with van der Waals surface area (Å²) in [6, 6.07) is 23.3. The number of rotatable bonds is 9. The monoisotopic (exact) mass is 610 g/mol. The highest BCUT2D eigenvalue weighted by Crippen LogP contribution is 2.41. The van der Waals surface area contributed by atoms with E-state index in [1.54, 1.807) is 36.1 Å². The molecule has 0 atom stereocenters. The van der Waals surface area contributed by atoms with Gasteiger partial charge >= 0.3 is 5.69 Å². The number of benzene rings is 4. The Morgan fingerprint density at radius 2 is 1.50 bits per heavy atom. The quantitative estimate of drug-likeness (QED) is 0.105. The third-order valence-corrected chi connectivity index (χ3v) is 7.46. The SMILES string of the molecule is CCOc1cc(/C=C2\SC(=Nc3ccc(C)cc3)N(c3ccc(C)cc3)C2=O)ccc1Oc1ccc([N+](=O)[O-])cc1[N+](=O)[O-]. The van der Waals surface area contributed by atoms with Gasteiger partial charge in [-0.3, -0.25) is 29.9 Å². The lowest BCUT2D eigenvalue weighted by atomic mass is 10.1. The molecule has 0 N–H and O–H groups in total. The highest BCUT2D eigenvalue weighted by atomic mass is 32.2. The molecule has 12 heteroatoms. The topological polar surface area (TPSA) is 137 Å². The number of ether oxygens (including phenoxy) is 2. The van der Waals surface area contributed by atoms with Crippen LogP contribution in [0.2, 0.25) is 0 Å². The van der Waals surface area contributed by atoms with E-state index in [0.29, 0.717) is 27.0 Å². The maximum absolute atomic E-state index is 13.7. The average Bonchev–Trinajstić information content (AvgIpc) is 3.29. The van der Waals surface area contributed by atoms with Crippen molar-refractivity contribution in [2.75, 3.05) is 11.5 Å². The molecule has 1 fully saturated rings. The highest BCUT2D eigenvalue weighted by molar-refractivity contribution is 8.19. The van der Waals surface area contributed by atoms with E-state index in [0.717, 1.165) is 23.3 Å². The van der Waals surface area contributed by atoms with Crippen LogP contribution >= 0.6 is 11.8 Å². The standard InChI is InChI=1S/C32H26N4O7S/c1-4-42-29-17-22(9-15-28(29)43-27-16-14-25(35(38)39)19-26(27)36(40)41)18-30-31(37)34(24-12-7-21(3)8-13-24)32(44-30)33-23-10-5-20(2)6-11-23/h5-19H,4H2,1-3H3/b30-18-,33-32?. The van der Waals surface area contributed by atoms with Gasteiger partial charge in [0.25, 0.3) is 11.6 Å². The predicted molar refractivity (Wildman–Crippen MR) is 170 cm³/mol. The number of aliphatic imine (C=N–C) groups is 1. The third kappa shape index (κ3) is 6.60. The summed E-state index contributed by atoms with van der Waals surface area (Å²) < 4.78 is 11.6. The molecular weight excluding hydrogens is 584 g/mol. The first kappa shape index (κ1) is 30.0. The van der Waals surface area contributed by atoms with E-state index in [9.17, 15) is 25.0 Å². The zero-order valence-electron chi connectivity index (χ0n) is 23.9. The molecule has 0 unspecified atom stereocenters. The van der Waals surface area contributed by atoms with Crippen LogP contribution in [0.15, 0.2) is 94.8 Å². The second-order valence-electron chi connectivity index (χ2n) is 9.72. The number of amides is 1. The lowest BCUT2D eigenvalue weighted by Crippen LogP contribution is -2.28. The van der Waals surface area contributed by atoms with Gasteiger partial charge in [-0.25, -0.2) is 4.99 Å². The van der Waals surface area contributed by atoms with Crippen LogP contribution < -0.4 is 14.4 Å². The van der Waals surface area contributed by atoms with Crippen molar-refractivity contribution in [3.05, 3.63) is 127 Å². The summed E-state index contributed by atoms with van der Waals surface area (Å²) in [4.78, 5) is 41.7. The largest absolute Gasteiger partial charge is 0.490 e. The number of aryl methyl sites for hydroxylation is 2. The fraction of sp³-hybridized carbons (Fsp3) is 0.125. The van der Waals surface area contributed by atoms with Gasteiger partial charge < -0.3 is 9.47 Å². The average molecular weight is 611 g/mol. The predicted octanol–water partition coefficient (Wildman–Crippen LogP) is 8.12. The Kier molecular flexibility index (Phi) is 8.72. The Labute approximate surface area is 256 Å². The minimum Gasteiger partial charge on any atom is -0.490 e. The summed E-state index contributed by atoms with van der Waals surface area (Å²) in [7, 11) is 0. The van der Waals surface area contributed by atoms with Crippen molar-refractivity contribution in [2.24, 2.45) is 4.99 Å². The van der Waals surface area contributed by atoms with E-state index in [4.69, 9.17) is 14.5 Å². The molecule has 222 valence electrons. The molecule has 0 spiro atoms. The normalized spacial score (nSPS) is 14.7. The molecule has 1 saturated heterocycles. The number of hydrogen-bond donors (Lipinski definition) is 0. The summed E-state index contributed by atoms with van der Waals surface area (Å²) in [6.07, 6.45) is 1.71. The number of nitrogens with zero attached hydrogens (tertiary/aromatic N) is 4. The van der Waals surface area contributed by atoms with Gasteiger partial charge in [-0.2, -0.15) is 0 Å². The number of carbonyl (C=O) groups is 1. The van der Waals surface area contributed by atoms with E-state index in [1.165, 1.54) is 17.8 Å². The molecule has 11 nitrogen and oxygen atoms in total. The van der Waals surface area contributed by atoms with Crippen LogP contribution in [-0.4, -0.2) is 27.5 Å². The summed E-state index contributed by atoms with van der Waals surface area (Å²) in [5, 5.41) is 23.2. The Bertz CT molecular complexity index is 1820. The fourth-order valence-electron chi connectivity index (χ4n) is 4.29. The fourth-order valence-corrected chi connectivity index (χ4v) is 5.29. The third-order valence-electron chi connectivity index (χ3n) is 6.49. The smallest absolute Gasteiger partial charge is 0.318 e. The molecule has 1 aliphatic rings. The van der Waals surface area contributed by atoms with Crippen molar-refractivity contribution in [1.82, 2.24) is 0 Å². The molecule has 1 heterocycles. The molecule has 1 aliphatic heterocycles. The Balaban J connectivity index is 1.50. The first-order valence-corrected chi connectivity index (χ1v) is 14.3. The summed E-state index contributed by atoms with van der Waals surface area (Å²) >= 11 is 1.24. The number of nitro groups is 2. The van der Waals surface area contributed by atoms with Gasteiger partial charge in [0, 0.05) is 6.07 Å². The van der Waals surface area contributed by atoms with E-state index < -0.39 is 21.2 Å². The van der Waals surface area contributed by atoms with Crippen molar-refractivity contribution in [3.8, 4) is 17.2 Å². The Morgan fingerprint density at radius 3 is 2.14 bits per heavy atom. The van der Waals surface area contributed by atoms with Crippen LogP contribution in [-0.2, 0) is 4.79 Å². The molecule has 0 saturated carbocycles. The van der Waals surface area contributed by atoms with Crippen LogP contribution in [0.1, 0.15) is 23.6 Å². The Morgan fingerprint density at radius 1 is 0.841 bits per heavy atom. The Hall–Kier alpha value is -5.49. The zero-order valence-corrected chi connectivity index (χ0v) is 24.7. The molecule has 4 aromatic rings. The number of amidine groups is 1.